The average Bonchev–Trinajstić information content (AvgIpc) is 2.77. The Morgan fingerprint density at radius 2 is 1.12 bits per heavy atom. The third-order valence-corrected chi connectivity index (χ3v) is 18.2. The van der Waals surface area contributed by atoms with Crippen molar-refractivity contribution in [2.24, 2.45) is 0 Å². The topological polar surface area (TPSA) is 49.7 Å². The van der Waals surface area contributed by atoms with E-state index in [4.69, 9.17) is 4.74 Å². The minimum absolute atomic E-state index is 0.537. The van der Waals surface area contributed by atoms with E-state index in [0.717, 1.165) is 35.8 Å². The zero-order valence-corrected chi connectivity index (χ0v) is 23.3. The van der Waals surface area contributed by atoms with Gasteiger partial charge in [0.2, 0.25) is 0 Å². The van der Waals surface area contributed by atoms with Crippen LogP contribution in [0.15, 0.2) is 30.3 Å². The highest BCUT2D eigenvalue weighted by Crippen LogP contribution is 2.87. The molecular weight excluding hydrogens is 455 g/mol. The fourth-order valence-electron chi connectivity index (χ4n) is 4.16. The van der Waals surface area contributed by atoms with Gasteiger partial charge in [0.05, 0.1) is 6.61 Å². The molecule has 189 valence electrons. The van der Waals surface area contributed by atoms with E-state index in [1.807, 2.05) is 30.3 Å². The smallest absolute Gasteiger partial charge is 0.191 e. The molecule has 0 saturated heterocycles. The van der Waals surface area contributed by atoms with Crippen molar-refractivity contribution in [3.8, 4) is 5.75 Å². The Morgan fingerprint density at radius 3 is 1.56 bits per heavy atom. The Balaban J connectivity index is 2.62. The second-order valence-corrected chi connectivity index (χ2v) is 19.6. The first kappa shape index (κ1) is 30.1. The molecule has 0 aromatic heterocycles. The molecule has 0 fully saturated rings. The third-order valence-electron chi connectivity index (χ3n) is 6.25. The molecule has 3 nitrogen and oxygen atoms in total. The highest BCUT2D eigenvalue weighted by atomic mass is 33.1. The molecule has 0 aliphatic rings. The maximum absolute atomic E-state index is 10.9. The normalized spacial score (nSPS) is 12.8. The Labute approximate surface area is 205 Å². The van der Waals surface area contributed by atoms with Crippen LogP contribution in [0.2, 0.25) is 0 Å². The lowest BCUT2D eigenvalue weighted by Gasteiger charge is -2.47. The molecular formula is C26H50O3PS2. The van der Waals surface area contributed by atoms with Crippen molar-refractivity contribution < 1.29 is 14.5 Å². The predicted octanol–water partition coefficient (Wildman–Crippen LogP) is 8.96. The van der Waals surface area contributed by atoms with Crippen LogP contribution in [0, 0.1) is 0 Å². The van der Waals surface area contributed by atoms with Gasteiger partial charge in [0.1, 0.15) is 5.75 Å². The summed E-state index contributed by atoms with van der Waals surface area (Å²) >= 11 is 4.44. The van der Waals surface area contributed by atoms with Gasteiger partial charge < -0.3 is 14.5 Å². The van der Waals surface area contributed by atoms with Crippen LogP contribution < -0.4 is 4.74 Å². The number of thiol groups is 1. The Hall–Kier alpha value is 0.0700. The van der Waals surface area contributed by atoms with E-state index in [2.05, 4.69) is 26.1 Å². The molecule has 1 aromatic rings. The number of rotatable bonds is 21. The first-order valence-corrected chi connectivity index (χ1v) is 18.6. The van der Waals surface area contributed by atoms with Crippen molar-refractivity contribution >= 4 is 28.0 Å². The SMILES string of the molecule is CCCCCCCCCS(CCCCCCCCC)(CCOc1ccccc1)[P](O)(O)S. The second kappa shape index (κ2) is 18.4. The first-order valence-electron chi connectivity index (χ1n) is 13.0. The monoisotopic (exact) mass is 505 g/mol. The Morgan fingerprint density at radius 1 is 0.688 bits per heavy atom. The molecule has 0 saturated carbocycles. The Bertz CT molecular complexity index is 534. The van der Waals surface area contributed by atoms with Crippen molar-refractivity contribution in [2.45, 2.75) is 104 Å². The van der Waals surface area contributed by atoms with Crippen LogP contribution in [0.25, 0.3) is 0 Å². The van der Waals surface area contributed by atoms with E-state index in [1.54, 1.807) is 0 Å². The standard InChI is InChI=1S/C26H50O3PS2/c1-3-5-7-9-11-13-18-23-32(30(27,28)31,24-19-14-12-10-8-6-4-2)25-22-29-26-20-16-15-17-21-26/h15-17,20-21,27-28,31H,3-14,18-19,22-25H2,1-2H3. The van der Waals surface area contributed by atoms with Crippen LogP contribution in [-0.4, -0.2) is 33.7 Å². The van der Waals surface area contributed by atoms with Crippen LogP contribution in [0.4, 0.5) is 0 Å². The first-order chi connectivity index (χ1) is 15.4. The summed E-state index contributed by atoms with van der Waals surface area (Å²) in [6, 6.07) is 9.85. The highest BCUT2D eigenvalue weighted by Gasteiger charge is 2.40. The van der Waals surface area contributed by atoms with Crippen LogP contribution in [0.5, 0.6) is 5.75 Å². The van der Waals surface area contributed by atoms with Gasteiger partial charge in [-0.2, -0.15) is 9.65 Å². The van der Waals surface area contributed by atoms with Gasteiger partial charge in [0.25, 0.3) is 0 Å². The fraction of sp³-hybridized carbons (Fsp3) is 0.769. The highest BCUT2D eigenvalue weighted by molar-refractivity contribution is 8.99. The summed E-state index contributed by atoms with van der Waals surface area (Å²) in [6.45, 7) is 5.03. The molecule has 0 atom stereocenters. The number of hydrogen-bond donors (Lipinski definition) is 3. The minimum Gasteiger partial charge on any atom is -0.493 e. The van der Waals surface area contributed by atoms with Crippen molar-refractivity contribution in [3.63, 3.8) is 0 Å². The van der Waals surface area contributed by atoms with E-state index < -0.39 is 15.8 Å². The number of benzene rings is 1. The maximum Gasteiger partial charge on any atom is 0.191 e. The summed E-state index contributed by atoms with van der Waals surface area (Å²) in [7, 11) is -1.62. The second-order valence-electron chi connectivity index (χ2n) is 9.03. The maximum atomic E-state index is 10.9. The van der Waals surface area contributed by atoms with E-state index in [9.17, 15) is 9.79 Å². The molecule has 2 N–H and O–H groups in total. The largest absolute Gasteiger partial charge is 0.493 e. The number of para-hydroxylation sites is 1. The molecule has 0 aliphatic heterocycles. The lowest BCUT2D eigenvalue weighted by Crippen LogP contribution is -2.20. The summed E-state index contributed by atoms with van der Waals surface area (Å²) in [5.41, 5.74) is 0. The van der Waals surface area contributed by atoms with Crippen LogP contribution in [0.3, 0.4) is 0 Å². The third kappa shape index (κ3) is 13.1. The van der Waals surface area contributed by atoms with Gasteiger partial charge >= 0.3 is 0 Å². The predicted molar refractivity (Wildman–Crippen MR) is 150 cm³/mol. The molecule has 6 heteroatoms. The molecule has 0 aliphatic carbocycles. The summed E-state index contributed by atoms with van der Waals surface area (Å²) in [4.78, 5) is 21.8. The van der Waals surface area contributed by atoms with E-state index in [1.165, 1.54) is 77.0 Å². The molecule has 1 radical (unpaired) electrons. The average molecular weight is 506 g/mol. The van der Waals surface area contributed by atoms with Gasteiger partial charge in [-0.25, -0.2) is 0 Å². The molecule has 0 heterocycles. The zero-order valence-electron chi connectivity index (χ0n) is 20.7. The number of ether oxygens (including phenoxy) is 1. The lowest BCUT2D eigenvalue weighted by atomic mass is 10.1. The number of hydrogen-bond acceptors (Lipinski definition) is 4. The van der Waals surface area contributed by atoms with Crippen molar-refractivity contribution in [3.05, 3.63) is 30.3 Å². The van der Waals surface area contributed by atoms with E-state index in [0.29, 0.717) is 6.61 Å². The molecule has 1 rings (SSSR count). The van der Waals surface area contributed by atoms with Gasteiger partial charge in [-0.05, 0) is 36.5 Å². The van der Waals surface area contributed by atoms with Gasteiger partial charge in [-0.3, -0.25) is 0 Å². The summed E-state index contributed by atoms with van der Waals surface area (Å²) in [6.07, 6.45) is 14.2. The molecule has 1 aromatic carbocycles. The molecule has 32 heavy (non-hydrogen) atoms. The van der Waals surface area contributed by atoms with Crippen molar-refractivity contribution in [1.82, 2.24) is 0 Å². The van der Waals surface area contributed by atoms with Gasteiger partial charge in [0.15, 0.2) is 6.12 Å². The van der Waals surface area contributed by atoms with Gasteiger partial charge in [-0.15, -0.1) is 0 Å². The number of unbranched alkanes of at least 4 members (excludes halogenated alkanes) is 12. The van der Waals surface area contributed by atoms with Crippen molar-refractivity contribution in [2.75, 3.05) is 23.9 Å². The van der Waals surface area contributed by atoms with Gasteiger partial charge in [-0.1, -0.05) is 121 Å². The summed E-state index contributed by atoms with van der Waals surface area (Å²) in [5.74, 6) is 3.42. The zero-order chi connectivity index (χ0) is 23.5. The fourth-order valence-corrected chi connectivity index (χ4v) is 12.8. The van der Waals surface area contributed by atoms with E-state index in [-0.39, 0.29) is 0 Å². The van der Waals surface area contributed by atoms with Crippen molar-refractivity contribution in [1.29, 1.82) is 0 Å². The molecule has 0 spiro atoms. The van der Waals surface area contributed by atoms with E-state index >= 15 is 0 Å². The van der Waals surface area contributed by atoms with Crippen LogP contribution in [0.1, 0.15) is 104 Å². The van der Waals surface area contributed by atoms with Gasteiger partial charge in [0, 0.05) is 5.75 Å². The lowest BCUT2D eigenvalue weighted by molar-refractivity contribution is 0.343. The Kier molecular flexibility index (Phi) is 17.3. The molecule has 0 amide bonds. The quantitative estimate of drug-likeness (QED) is 0.0887. The molecule has 0 bridgehead atoms. The minimum atomic E-state index is -3.21. The summed E-state index contributed by atoms with van der Waals surface area (Å²) < 4.78 is 5.98. The molecule has 0 unspecified atom stereocenters. The van der Waals surface area contributed by atoms with Crippen LogP contribution >= 0.6 is 28.0 Å². The van der Waals surface area contributed by atoms with Crippen LogP contribution in [-0.2, 0) is 0 Å². The summed E-state index contributed by atoms with van der Waals surface area (Å²) in [5, 5.41) is 0.